The Morgan fingerprint density at radius 3 is 2.64 bits per heavy atom. The number of hydrogen-bond donors (Lipinski definition) is 1. The van der Waals surface area contributed by atoms with Gasteiger partial charge in [0.05, 0.1) is 18.5 Å². The van der Waals surface area contributed by atoms with Gasteiger partial charge in [0.2, 0.25) is 0 Å². The smallest absolute Gasteiger partial charge is 0.274 e. The minimum Gasteiger partial charge on any atom is -0.376 e. The molecule has 0 saturated carbocycles. The van der Waals surface area contributed by atoms with E-state index in [9.17, 15) is 4.79 Å². The number of nitrogens with one attached hydrogen (secondary N) is 1. The molecular weight excluding hydrogens is 280 g/mol. The van der Waals surface area contributed by atoms with Gasteiger partial charge in [0.15, 0.2) is 0 Å². The summed E-state index contributed by atoms with van der Waals surface area (Å²) < 4.78 is 5.56. The van der Waals surface area contributed by atoms with Gasteiger partial charge in [0, 0.05) is 26.2 Å². The molecule has 3 heterocycles. The lowest BCUT2D eigenvalue weighted by molar-refractivity contribution is 0.0755. The van der Waals surface area contributed by atoms with Gasteiger partial charge >= 0.3 is 0 Å². The number of carbonyl (C=O) groups is 1. The minimum atomic E-state index is 0.0000706. The van der Waals surface area contributed by atoms with Crippen molar-refractivity contribution < 1.29 is 9.53 Å². The molecule has 2 aliphatic heterocycles. The summed E-state index contributed by atoms with van der Waals surface area (Å²) in [5.41, 5.74) is 0.435. The van der Waals surface area contributed by atoms with Crippen molar-refractivity contribution in [3.8, 4) is 0 Å². The highest BCUT2D eigenvalue weighted by atomic mass is 16.5. The van der Waals surface area contributed by atoms with Gasteiger partial charge in [-0.25, -0.2) is 9.97 Å². The normalized spacial score (nSPS) is 22.4. The highest BCUT2D eigenvalue weighted by Crippen LogP contribution is 2.14. The summed E-state index contributed by atoms with van der Waals surface area (Å²) >= 11 is 0. The molecule has 2 saturated heterocycles. The van der Waals surface area contributed by atoms with E-state index in [-0.39, 0.29) is 12.0 Å². The molecule has 6 heteroatoms. The summed E-state index contributed by atoms with van der Waals surface area (Å²) in [6.07, 6.45) is 10.3. The van der Waals surface area contributed by atoms with Gasteiger partial charge in [-0.05, 0) is 25.7 Å². The Bertz CT molecular complexity index is 477. The van der Waals surface area contributed by atoms with Crippen molar-refractivity contribution in [3.63, 3.8) is 0 Å². The second-order valence-electron chi connectivity index (χ2n) is 6.01. The first kappa shape index (κ1) is 15.2. The van der Waals surface area contributed by atoms with Crippen LogP contribution < -0.4 is 5.32 Å². The Morgan fingerprint density at radius 2 is 2.00 bits per heavy atom. The zero-order chi connectivity index (χ0) is 15.2. The van der Waals surface area contributed by atoms with E-state index >= 15 is 0 Å². The van der Waals surface area contributed by atoms with Gasteiger partial charge in [0.1, 0.15) is 11.5 Å². The Labute approximate surface area is 131 Å². The average Bonchev–Trinajstić information content (AvgIpc) is 2.93. The molecule has 1 aromatic heterocycles. The molecular formula is C16H24N4O2. The summed E-state index contributed by atoms with van der Waals surface area (Å²) in [6, 6.07) is 0. The van der Waals surface area contributed by atoms with E-state index in [1.165, 1.54) is 12.8 Å². The van der Waals surface area contributed by atoms with Gasteiger partial charge in [0.25, 0.3) is 5.91 Å². The van der Waals surface area contributed by atoms with Crippen LogP contribution in [-0.2, 0) is 4.74 Å². The fraction of sp³-hybridized carbons (Fsp3) is 0.688. The molecule has 2 aliphatic rings. The van der Waals surface area contributed by atoms with E-state index < -0.39 is 0 Å². The van der Waals surface area contributed by atoms with Crippen molar-refractivity contribution in [3.05, 3.63) is 18.1 Å². The summed E-state index contributed by atoms with van der Waals surface area (Å²) in [5, 5.41) is 3.22. The van der Waals surface area contributed by atoms with Crippen LogP contribution in [0.15, 0.2) is 12.4 Å². The van der Waals surface area contributed by atoms with Crippen LogP contribution >= 0.6 is 0 Å². The van der Waals surface area contributed by atoms with Gasteiger partial charge in [-0.15, -0.1) is 0 Å². The highest BCUT2D eigenvalue weighted by Gasteiger charge is 2.19. The van der Waals surface area contributed by atoms with Crippen molar-refractivity contribution >= 4 is 11.7 Å². The highest BCUT2D eigenvalue weighted by molar-refractivity contribution is 5.92. The van der Waals surface area contributed by atoms with E-state index in [1.54, 1.807) is 12.4 Å². The third-order valence-corrected chi connectivity index (χ3v) is 4.30. The summed E-state index contributed by atoms with van der Waals surface area (Å²) in [7, 11) is 0. The first-order valence-corrected chi connectivity index (χ1v) is 8.30. The SMILES string of the molecule is O=C(c1cnc(NCC2CCCO2)cn1)N1CCCCCC1. The lowest BCUT2D eigenvalue weighted by Crippen LogP contribution is -2.32. The lowest BCUT2D eigenvalue weighted by atomic mass is 10.2. The summed E-state index contributed by atoms with van der Waals surface area (Å²) in [4.78, 5) is 22.9. The standard InChI is InChI=1S/C16H24N4O2/c21-16(20-7-3-1-2-4-8-20)14-11-19-15(12-17-14)18-10-13-6-5-9-22-13/h11-13H,1-10H2,(H,18,19). The van der Waals surface area contributed by atoms with Crippen molar-refractivity contribution in [2.75, 3.05) is 31.6 Å². The number of rotatable bonds is 4. The molecule has 6 nitrogen and oxygen atoms in total. The number of anilines is 1. The Kier molecular flexibility index (Phi) is 5.21. The molecule has 1 amide bonds. The molecule has 2 fully saturated rings. The Morgan fingerprint density at radius 1 is 1.18 bits per heavy atom. The zero-order valence-electron chi connectivity index (χ0n) is 13.0. The Hall–Kier alpha value is -1.69. The topological polar surface area (TPSA) is 67.3 Å². The summed E-state index contributed by atoms with van der Waals surface area (Å²) in [6.45, 7) is 3.26. The predicted molar refractivity (Wildman–Crippen MR) is 83.9 cm³/mol. The van der Waals surface area contributed by atoms with Gasteiger partial charge in [-0.1, -0.05) is 12.8 Å². The van der Waals surface area contributed by atoms with Crippen molar-refractivity contribution in [2.24, 2.45) is 0 Å². The quantitative estimate of drug-likeness (QED) is 0.922. The molecule has 0 radical (unpaired) electrons. The number of aromatic nitrogens is 2. The van der Waals surface area contributed by atoms with Gasteiger partial charge in [-0.3, -0.25) is 4.79 Å². The number of likely N-dealkylation sites (tertiary alicyclic amines) is 1. The maximum absolute atomic E-state index is 12.4. The molecule has 0 aliphatic carbocycles. The fourth-order valence-electron chi connectivity index (χ4n) is 2.99. The molecule has 0 aromatic carbocycles. The van der Waals surface area contributed by atoms with Crippen molar-refractivity contribution in [1.29, 1.82) is 0 Å². The lowest BCUT2D eigenvalue weighted by Gasteiger charge is -2.19. The van der Waals surface area contributed by atoms with Crippen molar-refractivity contribution in [1.82, 2.24) is 14.9 Å². The fourth-order valence-corrected chi connectivity index (χ4v) is 2.99. The van der Waals surface area contributed by atoms with Crippen LogP contribution in [-0.4, -0.2) is 53.1 Å². The van der Waals surface area contributed by atoms with Crippen LogP contribution in [0.25, 0.3) is 0 Å². The third-order valence-electron chi connectivity index (χ3n) is 4.30. The van der Waals surface area contributed by atoms with Crippen LogP contribution in [0.5, 0.6) is 0 Å². The minimum absolute atomic E-state index is 0.0000706. The monoisotopic (exact) mass is 304 g/mol. The molecule has 120 valence electrons. The first-order chi connectivity index (χ1) is 10.8. The Balaban J connectivity index is 1.54. The van der Waals surface area contributed by atoms with Crippen LogP contribution in [0.3, 0.4) is 0 Å². The van der Waals surface area contributed by atoms with Crippen LogP contribution in [0, 0.1) is 0 Å². The maximum atomic E-state index is 12.4. The van der Waals surface area contributed by atoms with Crippen LogP contribution in [0.2, 0.25) is 0 Å². The van der Waals surface area contributed by atoms with E-state index in [1.807, 2.05) is 4.90 Å². The van der Waals surface area contributed by atoms with E-state index in [4.69, 9.17) is 4.74 Å². The number of amides is 1. The number of nitrogens with zero attached hydrogens (tertiary/aromatic N) is 3. The second kappa shape index (κ2) is 7.54. The van der Waals surface area contributed by atoms with Crippen LogP contribution in [0.1, 0.15) is 49.0 Å². The zero-order valence-corrected chi connectivity index (χ0v) is 13.0. The van der Waals surface area contributed by atoms with E-state index in [2.05, 4.69) is 15.3 Å². The second-order valence-corrected chi connectivity index (χ2v) is 6.01. The molecule has 0 bridgehead atoms. The van der Waals surface area contributed by atoms with Crippen LogP contribution in [0.4, 0.5) is 5.82 Å². The number of hydrogen-bond acceptors (Lipinski definition) is 5. The number of ether oxygens (including phenoxy) is 1. The molecule has 1 N–H and O–H groups in total. The maximum Gasteiger partial charge on any atom is 0.274 e. The third kappa shape index (κ3) is 3.94. The average molecular weight is 304 g/mol. The molecule has 1 aromatic rings. The largest absolute Gasteiger partial charge is 0.376 e. The molecule has 3 rings (SSSR count). The molecule has 0 spiro atoms. The summed E-state index contributed by atoms with van der Waals surface area (Å²) in [5.74, 6) is 0.697. The van der Waals surface area contributed by atoms with Gasteiger partial charge < -0.3 is 15.0 Å². The van der Waals surface area contributed by atoms with E-state index in [0.29, 0.717) is 11.5 Å². The number of carbonyl (C=O) groups excluding carboxylic acids is 1. The van der Waals surface area contributed by atoms with E-state index in [0.717, 1.165) is 51.9 Å². The molecule has 1 atom stereocenters. The van der Waals surface area contributed by atoms with Crippen molar-refractivity contribution in [2.45, 2.75) is 44.6 Å². The van der Waals surface area contributed by atoms with Gasteiger partial charge in [-0.2, -0.15) is 0 Å². The first-order valence-electron chi connectivity index (χ1n) is 8.30. The molecule has 22 heavy (non-hydrogen) atoms. The molecule has 1 unspecified atom stereocenters. The predicted octanol–water partition coefficient (Wildman–Crippen LogP) is 2.08.